The largest absolute Gasteiger partial charge is 0.361 e. The van der Waals surface area contributed by atoms with Gasteiger partial charge in [-0.3, -0.25) is 19.8 Å². The lowest BCUT2D eigenvalue weighted by Gasteiger charge is -2.17. The molecule has 1 aromatic heterocycles. The second kappa shape index (κ2) is 5.05. The van der Waals surface area contributed by atoms with Gasteiger partial charge in [0, 0.05) is 17.1 Å². The van der Waals surface area contributed by atoms with Gasteiger partial charge in [-0.05, 0) is 29.9 Å². The van der Waals surface area contributed by atoms with Crippen molar-refractivity contribution >= 4 is 28.6 Å². The van der Waals surface area contributed by atoms with E-state index in [-0.39, 0.29) is 47.8 Å². The number of hydrogen-bond acceptors (Lipinski definition) is 3. The molecule has 2 aromatic rings. The van der Waals surface area contributed by atoms with Gasteiger partial charge in [0.15, 0.2) is 0 Å². The van der Waals surface area contributed by atoms with Gasteiger partial charge >= 0.3 is 0 Å². The Kier molecular flexibility index (Phi) is 2.92. The number of carbonyl (C=O) groups excluding carboxylic acids is 3. The fraction of sp³-hybridized carbons (Fsp3) is 0.316. The number of amides is 3. The first-order valence-corrected chi connectivity index (χ1v) is 8.54. The predicted octanol–water partition coefficient (Wildman–Crippen LogP) is 1.55. The number of aromatic amines is 1. The van der Waals surface area contributed by atoms with Crippen LogP contribution in [0, 0.1) is 23.7 Å². The molecule has 2 N–H and O–H groups in total. The van der Waals surface area contributed by atoms with E-state index in [1.165, 1.54) is 0 Å². The summed E-state index contributed by atoms with van der Waals surface area (Å²) in [6.07, 6.45) is 6.85. The Morgan fingerprint density at radius 2 is 1.80 bits per heavy atom. The van der Waals surface area contributed by atoms with E-state index in [2.05, 4.69) is 10.4 Å². The lowest BCUT2D eigenvalue weighted by Crippen LogP contribution is -2.47. The normalized spacial score (nSPS) is 29.7. The smallest absolute Gasteiger partial charge is 0.252 e. The first-order chi connectivity index (χ1) is 12.1. The number of benzene rings is 1. The third-order valence-electron chi connectivity index (χ3n) is 5.73. The van der Waals surface area contributed by atoms with Crippen molar-refractivity contribution in [3.8, 4) is 0 Å². The van der Waals surface area contributed by atoms with Gasteiger partial charge in [-0.25, -0.2) is 0 Å². The average molecular weight is 335 g/mol. The maximum atomic E-state index is 12.6. The van der Waals surface area contributed by atoms with E-state index in [0.29, 0.717) is 0 Å². The molecule has 4 atom stereocenters. The number of carbonyl (C=O) groups is 3. The molecule has 0 spiro atoms. The van der Waals surface area contributed by atoms with E-state index < -0.39 is 0 Å². The zero-order valence-electron chi connectivity index (χ0n) is 13.4. The molecule has 2 heterocycles. The first kappa shape index (κ1) is 14.5. The van der Waals surface area contributed by atoms with Crippen LogP contribution in [0.15, 0.2) is 42.6 Å². The number of hydrazine groups is 1. The molecule has 1 saturated carbocycles. The minimum Gasteiger partial charge on any atom is -0.361 e. The number of H-pyrrole nitrogens is 1. The molecule has 3 amide bonds. The van der Waals surface area contributed by atoms with Gasteiger partial charge in [0.25, 0.3) is 11.8 Å². The van der Waals surface area contributed by atoms with Crippen LogP contribution in [0.25, 0.3) is 10.9 Å². The number of rotatable bonds is 3. The number of nitrogens with zero attached hydrogens (tertiary/aromatic N) is 1. The molecular formula is C19H17N3O3. The quantitative estimate of drug-likeness (QED) is 0.659. The molecule has 1 aromatic carbocycles. The molecule has 6 nitrogen and oxygen atoms in total. The Balaban J connectivity index is 1.33. The molecule has 2 unspecified atom stereocenters. The summed E-state index contributed by atoms with van der Waals surface area (Å²) in [5.41, 5.74) is 4.33. The maximum Gasteiger partial charge on any atom is 0.252 e. The number of para-hydroxylation sites is 1. The molecule has 5 rings (SSSR count). The predicted molar refractivity (Wildman–Crippen MR) is 89.7 cm³/mol. The Morgan fingerprint density at radius 1 is 1.12 bits per heavy atom. The minimum absolute atomic E-state index is 0.113. The molecule has 1 aliphatic heterocycles. The van der Waals surface area contributed by atoms with Gasteiger partial charge in [-0.1, -0.05) is 30.4 Å². The Bertz CT molecular complexity index is 914. The molecule has 0 radical (unpaired) electrons. The molecule has 126 valence electrons. The van der Waals surface area contributed by atoms with Crippen molar-refractivity contribution in [3.63, 3.8) is 0 Å². The summed E-state index contributed by atoms with van der Waals surface area (Å²) in [7, 11) is 0. The lowest BCUT2D eigenvalue weighted by atomic mass is 9.85. The molecule has 2 fully saturated rings. The summed E-state index contributed by atoms with van der Waals surface area (Å²) >= 11 is 0. The highest BCUT2D eigenvalue weighted by molar-refractivity contribution is 6.07. The van der Waals surface area contributed by atoms with Gasteiger partial charge in [0.05, 0.1) is 18.3 Å². The summed E-state index contributed by atoms with van der Waals surface area (Å²) < 4.78 is 0. The highest BCUT2D eigenvalue weighted by Crippen LogP contribution is 2.52. The summed E-state index contributed by atoms with van der Waals surface area (Å²) in [5.74, 6) is -1.19. The van der Waals surface area contributed by atoms with Crippen molar-refractivity contribution in [1.82, 2.24) is 15.4 Å². The molecule has 2 bridgehead atoms. The van der Waals surface area contributed by atoms with Crippen molar-refractivity contribution in [3.05, 3.63) is 48.2 Å². The SMILES string of the molecule is O=C(Cc1c[nH]c2ccccc12)NN1C(=O)C2C(C1=O)[C@H]1C=C[C@@H]2C1. The maximum absolute atomic E-state index is 12.6. The van der Waals surface area contributed by atoms with Crippen LogP contribution in [-0.2, 0) is 20.8 Å². The summed E-state index contributed by atoms with van der Waals surface area (Å²) in [6, 6.07) is 7.71. The van der Waals surface area contributed by atoms with Gasteiger partial charge in [0.2, 0.25) is 5.91 Å². The summed E-state index contributed by atoms with van der Waals surface area (Å²) in [5, 5.41) is 1.93. The number of imide groups is 1. The second-order valence-corrected chi connectivity index (χ2v) is 7.08. The van der Waals surface area contributed by atoms with Crippen LogP contribution in [-0.4, -0.2) is 27.7 Å². The average Bonchev–Trinajstić information content (AvgIpc) is 3.36. The summed E-state index contributed by atoms with van der Waals surface area (Å²) in [6.45, 7) is 0. The molecule has 6 heteroatoms. The second-order valence-electron chi connectivity index (χ2n) is 7.08. The van der Waals surface area contributed by atoms with E-state index in [1.807, 2.05) is 36.4 Å². The van der Waals surface area contributed by atoms with Crippen LogP contribution in [0.3, 0.4) is 0 Å². The van der Waals surface area contributed by atoms with E-state index >= 15 is 0 Å². The van der Waals surface area contributed by atoms with Crippen LogP contribution in [0.4, 0.5) is 0 Å². The summed E-state index contributed by atoms with van der Waals surface area (Å²) in [4.78, 5) is 40.7. The zero-order chi connectivity index (χ0) is 17.1. The lowest BCUT2D eigenvalue weighted by molar-refractivity contribution is -0.149. The number of allylic oxidation sites excluding steroid dienone is 2. The number of hydrogen-bond donors (Lipinski definition) is 2. The first-order valence-electron chi connectivity index (χ1n) is 8.54. The van der Waals surface area contributed by atoms with E-state index in [0.717, 1.165) is 27.9 Å². The van der Waals surface area contributed by atoms with E-state index in [1.54, 1.807) is 6.20 Å². The molecule has 2 aliphatic carbocycles. The van der Waals surface area contributed by atoms with E-state index in [4.69, 9.17) is 0 Å². The molecular weight excluding hydrogens is 318 g/mol. The van der Waals surface area contributed by atoms with Crippen LogP contribution < -0.4 is 5.43 Å². The molecule has 25 heavy (non-hydrogen) atoms. The monoisotopic (exact) mass is 335 g/mol. The topological polar surface area (TPSA) is 82.3 Å². The van der Waals surface area contributed by atoms with Crippen LogP contribution >= 0.6 is 0 Å². The van der Waals surface area contributed by atoms with Crippen molar-refractivity contribution in [2.75, 3.05) is 0 Å². The minimum atomic E-state index is -0.355. The Morgan fingerprint density at radius 3 is 2.52 bits per heavy atom. The fourth-order valence-corrected chi connectivity index (χ4v) is 4.63. The van der Waals surface area contributed by atoms with Crippen molar-refractivity contribution in [2.45, 2.75) is 12.8 Å². The number of nitrogens with one attached hydrogen (secondary N) is 2. The fourth-order valence-electron chi connectivity index (χ4n) is 4.63. The van der Waals surface area contributed by atoms with Crippen molar-refractivity contribution in [2.24, 2.45) is 23.7 Å². The van der Waals surface area contributed by atoms with Crippen LogP contribution in [0.1, 0.15) is 12.0 Å². The third kappa shape index (κ3) is 2.00. The van der Waals surface area contributed by atoms with Crippen molar-refractivity contribution < 1.29 is 14.4 Å². The van der Waals surface area contributed by atoms with Gasteiger partial charge in [0.1, 0.15) is 0 Å². The Hall–Kier alpha value is -2.89. The van der Waals surface area contributed by atoms with Gasteiger partial charge in [-0.2, -0.15) is 5.01 Å². The van der Waals surface area contributed by atoms with Crippen LogP contribution in [0.5, 0.6) is 0 Å². The number of fused-ring (bicyclic) bond motifs is 6. The zero-order valence-corrected chi connectivity index (χ0v) is 13.4. The standard InChI is InChI=1S/C19H17N3O3/c23-15(8-12-9-20-14-4-2-1-3-13(12)14)21-22-18(24)16-10-5-6-11(7-10)17(16)19(22)25/h1-6,9-11,16-17,20H,7-8H2,(H,21,23)/t10-,11+,16?,17?. The molecule has 1 saturated heterocycles. The van der Waals surface area contributed by atoms with Gasteiger partial charge in [-0.15, -0.1) is 0 Å². The highest BCUT2D eigenvalue weighted by Gasteiger charge is 2.59. The highest BCUT2D eigenvalue weighted by atomic mass is 16.2. The van der Waals surface area contributed by atoms with E-state index in [9.17, 15) is 14.4 Å². The van der Waals surface area contributed by atoms with Gasteiger partial charge < -0.3 is 4.98 Å². The van der Waals surface area contributed by atoms with Crippen molar-refractivity contribution in [1.29, 1.82) is 0 Å². The molecule has 3 aliphatic rings. The van der Waals surface area contributed by atoms with Crippen LogP contribution in [0.2, 0.25) is 0 Å². The number of aromatic nitrogens is 1. The third-order valence-corrected chi connectivity index (χ3v) is 5.73. The Labute approximate surface area is 143 Å².